The third kappa shape index (κ3) is 5.82. The third-order valence-corrected chi connectivity index (χ3v) is 7.15. The van der Waals surface area contributed by atoms with E-state index in [4.69, 9.17) is 4.74 Å². The number of amides is 3. The Balaban J connectivity index is 1.47. The van der Waals surface area contributed by atoms with Crippen molar-refractivity contribution in [2.45, 2.75) is 58.5 Å². The topological polar surface area (TPSA) is 79.0 Å². The summed E-state index contributed by atoms with van der Waals surface area (Å²) in [6, 6.07) is 18.7. The number of benzene rings is 3. The van der Waals surface area contributed by atoms with Crippen molar-refractivity contribution in [2.24, 2.45) is 0 Å². The summed E-state index contributed by atoms with van der Waals surface area (Å²) in [6.07, 6.45) is 3.14. The molecule has 0 bridgehead atoms. The molecule has 1 aliphatic heterocycles. The van der Waals surface area contributed by atoms with Gasteiger partial charge in [-0.05, 0) is 54.5 Å². The number of methoxy groups -OCH3 is 1. The summed E-state index contributed by atoms with van der Waals surface area (Å²) in [6.45, 7) is 5.37. The van der Waals surface area contributed by atoms with Gasteiger partial charge in [-0.25, -0.2) is 0 Å². The van der Waals surface area contributed by atoms with E-state index in [-0.39, 0.29) is 24.1 Å². The summed E-state index contributed by atoms with van der Waals surface area (Å²) in [5.74, 6) is 0.490. The molecule has 0 saturated carbocycles. The van der Waals surface area contributed by atoms with Crippen LogP contribution < -0.4 is 15.0 Å². The molecule has 3 aromatic carbocycles. The van der Waals surface area contributed by atoms with Gasteiger partial charge in [-0.2, -0.15) is 0 Å². The monoisotopic (exact) mass is 515 g/mol. The second kappa shape index (κ2) is 12.6. The normalized spacial score (nSPS) is 13.0. The first-order valence-corrected chi connectivity index (χ1v) is 13.5. The van der Waals surface area contributed by atoms with Crippen LogP contribution in [0.15, 0.2) is 60.7 Å². The van der Waals surface area contributed by atoms with E-state index in [2.05, 4.69) is 12.2 Å². The van der Waals surface area contributed by atoms with Gasteiger partial charge in [-0.1, -0.05) is 56.7 Å². The van der Waals surface area contributed by atoms with Crippen molar-refractivity contribution >= 4 is 34.2 Å². The molecule has 4 rings (SSSR count). The molecule has 200 valence electrons. The van der Waals surface area contributed by atoms with Crippen LogP contribution in [-0.2, 0) is 16.1 Å². The van der Waals surface area contributed by atoms with Crippen molar-refractivity contribution in [1.29, 1.82) is 0 Å². The average molecular weight is 516 g/mol. The lowest BCUT2D eigenvalue weighted by molar-refractivity contribution is -0.141. The summed E-state index contributed by atoms with van der Waals surface area (Å²) in [5, 5.41) is 5.01. The highest BCUT2D eigenvalue weighted by molar-refractivity contribution is 6.25. The predicted molar refractivity (Wildman–Crippen MR) is 150 cm³/mol. The van der Waals surface area contributed by atoms with E-state index in [1.807, 2.05) is 67.6 Å². The minimum atomic E-state index is -0.562. The predicted octanol–water partition coefficient (Wildman–Crippen LogP) is 5.31. The van der Waals surface area contributed by atoms with Gasteiger partial charge in [0.25, 0.3) is 5.91 Å². The third-order valence-electron chi connectivity index (χ3n) is 7.15. The first-order valence-electron chi connectivity index (χ1n) is 13.5. The number of ether oxygens (including phenoxy) is 1. The van der Waals surface area contributed by atoms with Gasteiger partial charge in [0.2, 0.25) is 11.8 Å². The van der Waals surface area contributed by atoms with E-state index in [9.17, 15) is 14.4 Å². The van der Waals surface area contributed by atoms with E-state index in [1.54, 1.807) is 16.9 Å². The number of hydrogen-bond donors (Lipinski definition) is 1. The molecule has 7 nitrogen and oxygen atoms in total. The van der Waals surface area contributed by atoms with E-state index in [0.717, 1.165) is 40.6 Å². The average Bonchev–Trinajstić information content (AvgIpc) is 3.21. The molecule has 0 radical (unpaired) electrons. The van der Waals surface area contributed by atoms with Crippen LogP contribution in [0.2, 0.25) is 0 Å². The maximum atomic E-state index is 13.6. The standard InChI is InChI=1S/C31H37N3O4/c1-4-6-19-32-30(36)26(5-2)34(21-22-15-17-24(38-3)18-16-22)28(35)14-9-20-33-27-13-8-11-23-10-7-12-25(29(23)27)31(33)37/h7-8,10-13,15-18,26H,4-6,9,14,19-21H2,1-3H3,(H,32,36). The number of unbranched alkanes of at least 4 members (excludes halogenated alkanes) is 1. The molecule has 0 fully saturated rings. The molecule has 1 heterocycles. The van der Waals surface area contributed by atoms with Crippen molar-refractivity contribution in [3.8, 4) is 5.75 Å². The highest BCUT2D eigenvalue weighted by Crippen LogP contribution is 2.37. The number of rotatable bonds is 13. The van der Waals surface area contributed by atoms with Crippen molar-refractivity contribution < 1.29 is 19.1 Å². The van der Waals surface area contributed by atoms with Crippen molar-refractivity contribution in [2.75, 3.05) is 25.1 Å². The SMILES string of the molecule is CCCCNC(=O)C(CC)N(Cc1ccc(OC)cc1)C(=O)CCCN1C(=O)c2cccc3cccc1c23. The van der Waals surface area contributed by atoms with Gasteiger partial charge < -0.3 is 19.9 Å². The van der Waals surface area contributed by atoms with Crippen molar-refractivity contribution in [3.63, 3.8) is 0 Å². The second-order valence-electron chi connectivity index (χ2n) is 9.68. The Hall–Kier alpha value is -3.87. The lowest BCUT2D eigenvalue weighted by Gasteiger charge is -2.31. The van der Waals surface area contributed by atoms with Gasteiger partial charge in [0.05, 0.1) is 12.8 Å². The maximum absolute atomic E-state index is 13.6. The fourth-order valence-corrected chi connectivity index (χ4v) is 5.09. The molecule has 1 atom stereocenters. The Morgan fingerprint density at radius 1 is 1.00 bits per heavy atom. The maximum Gasteiger partial charge on any atom is 0.258 e. The number of anilines is 1. The number of hydrogen-bond acceptors (Lipinski definition) is 4. The van der Waals surface area contributed by atoms with Gasteiger partial charge in [-0.15, -0.1) is 0 Å². The fourth-order valence-electron chi connectivity index (χ4n) is 5.09. The summed E-state index contributed by atoms with van der Waals surface area (Å²) >= 11 is 0. The molecule has 1 aliphatic rings. The van der Waals surface area contributed by atoms with Crippen LogP contribution in [0, 0.1) is 0 Å². The number of carbonyl (C=O) groups excluding carboxylic acids is 3. The Morgan fingerprint density at radius 2 is 1.74 bits per heavy atom. The summed E-state index contributed by atoms with van der Waals surface area (Å²) in [7, 11) is 1.61. The van der Waals surface area contributed by atoms with Crippen LogP contribution in [-0.4, -0.2) is 48.9 Å². The zero-order valence-corrected chi connectivity index (χ0v) is 22.5. The lowest BCUT2D eigenvalue weighted by Crippen LogP contribution is -2.49. The highest BCUT2D eigenvalue weighted by atomic mass is 16.5. The molecule has 0 spiro atoms. The van der Waals surface area contributed by atoms with Crippen molar-refractivity contribution in [3.05, 3.63) is 71.8 Å². The molecule has 0 saturated heterocycles. The molecule has 1 unspecified atom stereocenters. The first-order chi connectivity index (χ1) is 18.5. The number of carbonyl (C=O) groups is 3. The first kappa shape index (κ1) is 27.2. The largest absolute Gasteiger partial charge is 0.497 e. The minimum absolute atomic E-state index is 0.0268. The van der Waals surface area contributed by atoms with Crippen LogP contribution in [0.1, 0.15) is 61.9 Å². The zero-order chi connectivity index (χ0) is 27.1. The zero-order valence-electron chi connectivity index (χ0n) is 22.5. The van der Waals surface area contributed by atoms with Gasteiger partial charge in [0.1, 0.15) is 11.8 Å². The Bertz CT molecular complexity index is 1280. The molecule has 0 aliphatic carbocycles. The summed E-state index contributed by atoms with van der Waals surface area (Å²) < 4.78 is 5.26. The van der Waals surface area contributed by atoms with Crippen LogP contribution in [0.3, 0.4) is 0 Å². The number of nitrogens with zero attached hydrogens (tertiary/aromatic N) is 2. The van der Waals surface area contributed by atoms with Gasteiger partial charge in [0, 0.05) is 37.0 Å². The Morgan fingerprint density at radius 3 is 2.42 bits per heavy atom. The van der Waals surface area contributed by atoms with Gasteiger partial charge >= 0.3 is 0 Å². The molecule has 0 aromatic heterocycles. The highest BCUT2D eigenvalue weighted by Gasteiger charge is 2.31. The molecule has 7 heteroatoms. The van der Waals surface area contributed by atoms with Crippen molar-refractivity contribution in [1.82, 2.24) is 10.2 Å². The quantitative estimate of drug-likeness (QED) is 0.313. The van der Waals surface area contributed by atoms with Gasteiger partial charge in [-0.3, -0.25) is 14.4 Å². The summed E-state index contributed by atoms with van der Waals surface area (Å²) in [5.41, 5.74) is 2.53. The fraction of sp³-hybridized carbons (Fsp3) is 0.387. The Kier molecular flexibility index (Phi) is 9.00. The number of nitrogens with one attached hydrogen (secondary N) is 1. The Labute approximate surface area is 224 Å². The molecule has 38 heavy (non-hydrogen) atoms. The summed E-state index contributed by atoms with van der Waals surface area (Å²) in [4.78, 5) is 43.2. The minimum Gasteiger partial charge on any atom is -0.497 e. The van der Waals surface area contributed by atoms with E-state index < -0.39 is 6.04 Å². The molecule has 1 N–H and O–H groups in total. The molecular formula is C31H37N3O4. The van der Waals surface area contributed by atoms with E-state index >= 15 is 0 Å². The van der Waals surface area contributed by atoms with Gasteiger partial charge in [0.15, 0.2) is 0 Å². The van der Waals surface area contributed by atoms with E-state index in [1.165, 1.54) is 0 Å². The second-order valence-corrected chi connectivity index (χ2v) is 9.68. The smallest absolute Gasteiger partial charge is 0.258 e. The van der Waals surface area contributed by atoms with Crippen LogP contribution in [0.4, 0.5) is 5.69 Å². The van der Waals surface area contributed by atoms with Crippen LogP contribution in [0.5, 0.6) is 5.75 Å². The van der Waals surface area contributed by atoms with E-state index in [0.29, 0.717) is 38.0 Å². The molecule has 3 aromatic rings. The lowest BCUT2D eigenvalue weighted by atomic mass is 10.1. The van der Waals surface area contributed by atoms with Crippen LogP contribution in [0.25, 0.3) is 10.8 Å². The molecule has 3 amide bonds. The van der Waals surface area contributed by atoms with Crippen LogP contribution >= 0.6 is 0 Å². The molecular weight excluding hydrogens is 478 g/mol.